The Morgan fingerprint density at radius 3 is 3.21 bits per heavy atom. The van der Waals surface area contributed by atoms with Crippen LogP contribution in [0.5, 0.6) is 0 Å². The average Bonchev–Trinajstić information content (AvgIpc) is 2.85. The second-order valence-corrected chi connectivity index (χ2v) is 3.71. The van der Waals surface area contributed by atoms with E-state index >= 15 is 0 Å². The zero-order valence-corrected chi connectivity index (χ0v) is 8.79. The van der Waals surface area contributed by atoms with Crippen molar-refractivity contribution in [1.29, 1.82) is 0 Å². The second-order valence-electron chi connectivity index (χ2n) is 2.92. The highest BCUT2D eigenvalue weighted by Crippen LogP contribution is 2.11. The third-order valence-corrected chi connectivity index (χ3v) is 2.69. The van der Waals surface area contributed by atoms with Crippen LogP contribution in [-0.4, -0.2) is 14.2 Å². The molecule has 4 nitrogen and oxygen atoms in total. The van der Waals surface area contributed by atoms with E-state index in [-0.39, 0.29) is 0 Å². The molecule has 0 spiro atoms. The Labute approximate surface area is 86.7 Å². The minimum atomic E-state index is 0.824. The normalized spacial score (nSPS) is 10.4. The number of nitrogens with zero attached hydrogens (tertiary/aromatic N) is 3. The minimum absolute atomic E-state index is 0.824. The largest absolute Gasteiger partial charge is 0.369 e. The summed E-state index contributed by atoms with van der Waals surface area (Å²) in [4.78, 5) is 0. The first-order chi connectivity index (χ1) is 6.90. The van der Waals surface area contributed by atoms with Gasteiger partial charge in [-0.1, -0.05) is 4.49 Å². The molecule has 0 aliphatic heterocycles. The van der Waals surface area contributed by atoms with Crippen LogP contribution in [0.3, 0.4) is 0 Å². The summed E-state index contributed by atoms with van der Waals surface area (Å²) >= 11 is 1.38. The van der Waals surface area contributed by atoms with E-state index in [9.17, 15) is 0 Å². The van der Waals surface area contributed by atoms with Gasteiger partial charge in [0.15, 0.2) is 0 Å². The lowest BCUT2D eigenvalue weighted by molar-refractivity contribution is 0.724. The third-order valence-electron chi connectivity index (χ3n) is 2.07. The molecule has 0 aromatic carbocycles. The molecule has 5 heteroatoms. The summed E-state index contributed by atoms with van der Waals surface area (Å²) in [5.74, 6) is 0. The van der Waals surface area contributed by atoms with Crippen LogP contribution in [0.15, 0.2) is 24.5 Å². The summed E-state index contributed by atoms with van der Waals surface area (Å²) in [5, 5.41) is 8.05. The van der Waals surface area contributed by atoms with Crippen LogP contribution in [-0.2, 0) is 13.1 Å². The number of hydrogen-bond donors (Lipinski definition) is 1. The van der Waals surface area contributed by atoms with Gasteiger partial charge in [-0.3, -0.25) is 0 Å². The van der Waals surface area contributed by atoms with Gasteiger partial charge in [0.1, 0.15) is 5.00 Å². The molecule has 0 amide bonds. The van der Waals surface area contributed by atoms with Gasteiger partial charge in [0, 0.05) is 30.0 Å². The van der Waals surface area contributed by atoms with Crippen molar-refractivity contribution in [2.45, 2.75) is 20.0 Å². The van der Waals surface area contributed by atoms with Gasteiger partial charge in [0.25, 0.3) is 0 Å². The first-order valence-corrected chi connectivity index (χ1v) is 5.32. The average molecular weight is 208 g/mol. The van der Waals surface area contributed by atoms with Crippen LogP contribution < -0.4 is 5.32 Å². The van der Waals surface area contributed by atoms with Gasteiger partial charge in [-0.2, -0.15) is 0 Å². The van der Waals surface area contributed by atoms with E-state index in [1.54, 1.807) is 6.20 Å². The molecule has 0 atom stereocenters. The zero-order valence-electron chi connectivity index (χ0n) is 7.97. The number of aryl methyl sites for hydroxylation is 1. The Kier molecular flexibility index (Phi) is 2.78. The minimum Gasteiger partial charge on any atom is -0.369 e. The van der Waals surface area contributed by atoms with Gasteiger partial charge in [-0.25, -0.2) is 0 Å². The van der Waals surface area contributed by atoms with Crippen LogP contribution in [0.25, 0.3) is 0 Å². The lowest BCUT2D eigenvalue weighted by atomic mass is 10.4. The van der Waals surface area contributed by atoms with Crippen molar-refractivity contribution in [3.8, 4) is 0 Å². The highest BCUT2D eigenvalue weighted by molar-refractivity contribution is 7.09. The number of nitrogens with one attached hydrogen (secondary N) is 1. The lowest BCUT2D eigenvalue weighted by Crippen LogP contribution is -2.04. The van der Waals surface area contributed by atoms with Gasteiger partial charge in [-0.15, -0.1) is 5.10 Å². The van der Waals surface area contributed by atoms with Gasteiger partial charge in [0.2, 0.25) is 0 Å². The maximum atomic E-state index is 3.79. The molecule has 0 fully saturated rings. The van der Waals surface area contributed by atoms with E-state index in [1.165, 1.54) is 17.2 Å². The quantitative estimate of drug-likeness (QED) is 0.835. The molecular weight excluding hydrogens is 196 g/mol. The molecule has 0 aliphatic rings. The van der Waals surface area contributed by atoms with Gasteiger partial charge < -0.3 is 9.88 Å². The zero-order chi connectivity index (χ0) is 9.80. The summed E-state index contributed by atoms with van der Waals surface area (Å²) < 4.78 is 6.00. The van der Waals surface area contributed by atoms with Gasteiger partial charge in [0.05, 0.1) is 12.7 Å². The Bertz CT molecular complexity index is 379. The van der Waals surface area contributed by atoms with E-state index in [2.05, 4.69) is 44.7 Å². The molecule has 0 saturated carbocycles. The van der Waals surface area contributed by atoms with Gasteiger partial charge in [-0.05, 0) is 19.1 Å². The standard InChI is InChI=1S/C9H12N4S/c1-2-13-5-3-4-8(13)6-10-9-7-11-12-14-9/h3-5,7,10H,2,6H2,1H3. The SMILES string of the molecule is CCn1cccc1CNc1cnns1. The number of rotatable bonds is 4. The highest BCUT2D eigenvalue weighted by atomic mass is 32.1. The fourth-order valence-corrected chi connectivity index (χ4v) is 1.75. The maximum Gasteiger partial charge on any atom is 0.130 e. The fraction of sp³-hybridized carbons (Fsp3) is 0.333. The van der Waals surface area contributed by atoms with E-state index in [0.717, 1.165) is 18.1 Å². The molecular formula is C9H12N4S. The Hall–Kier alpha value is -1.36. The van der Waals surface area contributed by atoms with Crippen molar-refractivity contribution >= 4 is 16.5 Å². The second kappa shape index (κ2) is 4.23. The predicted molar refractivity (Wildman–Crippen MR) is 57.3 cm³/mol. The molecule has 2 aromatic heterocycles. The van der Waals surface area contributed by atoms with Crippen LogP contribution in [0.2, 0.25) is 0 Å². The molecule has 2 aromatic rings. The number of hydrogen-bond acceptors (Lipinski definition) is 4. The van der Waals surface area contributed by atoms with Crippen molar-refractivity contribution in [2.24, 2.45) is 0 Å². The van der Waals surface area contributed by atoms with E-state index in [4.69, 9.17) is 0 Å². The van der Waals surface area contributed by atoms with Crippen molar-refractivity contribution in [2.75, 3.05) is 5.32 Å². The fourth-order valence-electron chi connectivity index (χ4n) is 1.34. The molecule has 14 heavy (non-hydrogen) atoms. The van der Waals surface area contributed by atoms with Gasteiger partial charge >= 0.3 is 0 Å². The molecule has 0 aliphatic carbocycles. The molecule has 0 radical (unpaired) electrons. The van der Waals surface area contributed by atoms with E-state index < -0.39 is 0 Å². The van der Waals surface area contributed by atoms with E-state index in [1.807, 2.05) is 0 Å². The molecule has 0 bridgehead atoms. The van der Waals surface area contributed by atoms with Crippen LogP contribution >= 0.6 is 11.5 Å². The summed E-state index contributed by atoms with van der Waals surface area (Å²) in [6.07, 6.45) is 3.83. The molecule has 0 saturated heterocycles. The Morgan fingerprint density at radius 2 is 2.50 bits per heavy atom. The van der Waals surface area contributed by atoms with Crippen molar-refractivity contribution in [3.63, 3.8) is 0 Å². The summed E-state index contributed by atoms with van der Waals surface area (Å²) in [6.45, 7) is 3.97. The van der Waals surface area contributed by atoms with Crippen LogP contribution in [0.4, 0.5) is 5.00 Å². The number of anilines is 1. The summed E-state index contributed by atoms with van der Waals surface area (Å²) in [6, 6.07) is 4.18. The topological polar surface area (TPSA) is 42.7 Å². The van der Waals surface area contributed by atoms with E-state index in [0.29, 0.717) is 0 Å². The molecule has 74 valence electrons. The monoisotopic (exact) mass is 208 g/mol. The lowest BCUT2D eigenvalue weighted by Gasteiger charge is -2.06. The number of aromatic nitrogens is 3. The predicted octanol–water partition coefficient (Wildman–Crippen LogP) is 1.97. The van der Waals surface area contributed by atoms with Crippen molar-refractivity contribution < 1.29 is 0 Å². The molecule has 0 unspecified atom stereocenters. The highest BCUT2D eigenvalue weighted by Gasteiger charge is 1.99. The summed E-state index contributed by atoms with van der Waals surface area (Å²) in [7, 11) is 0. The third kappa shape index (κ3) is 1.93. The first-order valence-electron chi connectivity index (χ1n) is 4.55. The Balaban J connectivity index is 1.98. The Morgan fingerprint density at radius 1 is 1.57 bits per heavy atom. The molecule has 2 rings (SSSR count). The molecule has 1 N–H and O–H groups in total. The van der Waals surface area contributed by atoms with Crippen molar-refractivity contribution in [3.05, 3.63) is 30.2 Å². The first kappa shape index (κ1) is 9.21. The smallest absolute Gasteiger partial charge is 0.130 e. The maximum absolute atomic E-state index is 3.79. The van der Waals surface area contributed by atoms with Crippen LogP contribution in [0.1, 0.15) is 12.6 Å². The van der Waals surface area contributed by atoms with Crippen LogP contribution in [0, 0.1) is 0 Å². The van der Waals surface area contributed by atoms with Crippen molar-refractivity contribution in [1.82, 2.24) is 14.2 Å². The molecule has 2 heterocycles. The summed E-state index contributed by atoms with van der Waals surface area (Å²) in [5.41, 5.74) is 1.28.